The van der Waals surface area contributed by atoms with Gasteiger partial charge in [-0.1, -0.05) is 72.8 Å². The molecule has 0 bridgehead atoms. The first-order valence-corrected chi connectivity index (χ1v) is 10.6. The molecule has 0 unspecified atom stereocenters. The minimum absolute atomic E-state index is 0.664. The molecule has 0 saturated heterocycles. The van der Waals surface area contributed by atoms with Crippen LogP contribution in [-0.4, -0.2) is 11.9 Å². The van der Waals surface area contributed by atoms with Gasteiger partial charge in [-0.15, -0.1) is 0 Å². The van der Waals surface area contributed by atoms with E-state index in [1.54, 1.807) is 0 Å². The van der Waals surface area contributed by atoms with E-state index >= 15 is 0 Å². The van der Waals surface area contributed by atoms with Crippen LogP contribution < -0.4 is 10.1 Å². The van der Waals surface area contributed by atoms with Crippen LogP contribution in [-0.2, 0) is 19.3 Å². The summed E-state index contributed by atoms with van der Waals surface area (Å²) in [6.07, 6.45) is 2.07. The van der Waals surface area contributed by atoms with Gasteiger partial charge in [0.05, 0.1) is 22.7 Å². The predicted molar refractivity (Wildman–Crippen MR) is 131 cm³/mol. The molecule has 0 aliphatic rings. The number of nitrogens with zero attached hydrogens (tertiary/aromatic N) is 2. The Morgan fingerprint density at radius 1 is 0.441 bits per heavy atom. The molecule has 6 nitrogen and oxygen atoms in total. The zero-order valence-electron chi connectivity index (χ0n) is 18.2. The van der Waals surface area contributed by atoms with Crippen LogP contribution in [0.15, 0.2) is 133 Å². The standard InChI is InChI=1S/C28H22N2O4/c31-27(33-29(23-13-5-1-6-14-23)24-15-7-2-8-16-24)21-22-28(32)34-30(25-17-9-3-10-18-25)26-19-11-4-12-20-26/h1-22H/b22-21+. The minimum Gasteiger partial charge on any atom is -0.331 e. The Balaban J connectivity index is 1.47. The quantitative estimate of drug-likeness (QED) is 0.238. The fourth-order valence-corrected chi connectivity index (χ4v) is 3.14. The van der Waals surface area contributed by atoms with Crippen molar-refractivity contribution >= 4 is 34.7 Å². The third-order valence-corrected chi connectivity index (χ3v) is 4.68. The Morgan fingerprint density at radius 3 is 0.912 bits per heavy atom. The Labute approximate surface area is 197 Å². The fraction of sp³-hybridized carbons (Fsp3) is 0. The molecule has 6 heteroatoms. The van der Waals surface area contributed by atoms with Gasteiger partial charge in [0.1, 0.15) is 0 Å². The van der Waals surface area contributed by atoms with E-state index in [9.17, 15) is 9.59 Å². The number of para-hydroxylation sites is 4. The second kappa shape index (κ2) is 11.2. The van der Waals surface area contributed by atoms with E-state index in [1.807, 2.05) is 121 Å². The topological polar surface area (TPSA) is 59.1 Å². The third-order valence-electron chi connectivity index (χ3n) is 4.68. The Morgan fingerprint density at radius 2 is 0.676 bits per heavy atom. The van der Waals surface area contributed by atoms with E-state index in [4.69, 9.17) is 9.68 Å². The van der Waals surface area contributed by atoms with Crippen molar-refractivity contribution < 1.29 is 19.3 Å². The van der Waals surface area contributed by atoms with Gasteiger partial charge in [0, 0.05) is 12.2 Å². The molecule has 34 heavy (non-hydrogen) atoms. The molecule has 0 N–H and O–H groups in total. The number of anilines is 4. The Kier molecular flexibility index (Phi) is 7.33. The maximum Gasteiger partial charge on any atom is 0.356 e. The lowest BCUT2D eigenvalue weighted by molar-refractivity contribution is -0.140. The number of carbonyl (C=O) groups excluding carboxylic acids is 2. The highest BCUT2D eigenvalue weighted by atomic mass is 16.7. The summed E-state index contributed by atoms with van der Waals surface area (Å²) < 4.78 is 0. The molecule has 0 radical (unpaired) electrons. The van der Waals surface area contributed by atoms with E-state index < -0.39 is 11.9 Å². The number of rotatable bonds is 8. The predicted octanol–water partition coefficient (Wildman–Crippen LogP) is 6.14. The zero-order chi connectivity index (χ0) is 23.6. The molecule has 0 saturated carbocycles. The van der Waals surface area contributed by atoms with E-state index in [0.717, 1.165) is 12.2 Å². The van der Waals surface area contributed by atoms with E-state index in [1.165, 1.54) is 10.1 Å². The highest BCUT2D eigenvalue weighted by Gasteiger charge is 2.16. The first-order valence-electron chi connectivity index (χ1n) is 10.6. The van der Waals surface area contributed by atoms with Gasteiger partial charge in [0.25, 0.3) is 0 Å². The maximum absolute atomic E-state index is 12.6. The summed E-state index contributed by atoms with van der Waals surface area (Å²) in [7, 11) is 0. The number of benzene rings is 4. The SMILES string of the molecule is O=C(/C=C/C(=O)ON(c1ccccc1)c1ccccc1)ON(c1ccccc1)c1ccccc1. The van der Waals surface area contributed by atoms with Gasteiger partial charge >= 0.3 is 11.9 Å². The molecule has 4 aromatic carbocycles. The smallest absolute Gasteiger partial charge is 0.331 e. The van der Waals surface area contributed by atoms with Gasteiger partial charge < -0.3 is 9.68 Å². The van der Waals surface area contributed by atoms with Crippen LogP contribution in [0.25, 0.3) is 0 Å². The number of hydrogen-bond acceptors (Lipinski definition) is 6. The molecule has 0 aromatic heterocycles. The average molecular weight is 450 g/mol. The lowest BCUT2D eigenvalue weighted by Gasteiger charge is -2.23. The van der Waals surface area contributed by atoms with Crippen LogP contribution in [0, 0.1) is 0 Å². The monoisotopic (exact) mass is 450 g/mol. The summed E-state index contributed by atoms with van der Waals surface area (Å²) in [6, 6.07) is 36.7. The molecular weight excluding hydrogens is 428 g/mol. The molecule has 0 atom stereocenters. The van der Waals surface area contributed by atoms with Crippen molar-refractivity contribution in [1.82, 2.24) is 0 Å². The van der Waals surface area contributed by atoms with Gasteiger partial charge in [-0.2, -0.15) is 10.1 Å². The van der Waals surface area contributed by atoms with Gasteiger partial charge in [0.2, 0.25) is 0 Å². The summed E-state index contributed by atoms with van der Waals surface area (Å²) in [4.78, 5) is 36.2. The van der Waals surface area contributed by atoms with Crippen molar-refractivity contribution in [2.75, 3.05) is 10.1 Å². The van der Waals surface area contributed by atoms with E-state index in [-0.39, 0.29) is 0 Å². The van der Waals surface area contributed by atoms with Crippen LogP contribution >= 0.6 is 0 Å². The first kappa shape index (κ1) is 22.4. The summed E-state index contributed by atoms with van der Waals surface area (Å²) in [5.74, 6) is -1.45. The molecule has 0 heterocycles. The zero-order valence-corrected chi connectivity index (χ0v) is 18.2. The summed E-state index contributed by atoms with van der Waals surface area (Å²) >= 11 is 0. The van der Waals surface area contributed by atoms with Crippen LogP contribution in [0.5, 0.6) is 0 Å². The Bertz CT molecular complexity index is 1050. The molecule has 4 rings (SSSR count). The van der Waals surface area contributed by atoms with Crippen molar-refractivity contribution in [3.63, 3.8) is 0 Å². The molecule has 0 amide bonds. The minimum atomic E-state index is -0.726. The average Bonchev–Trinajstić information content (AvgIpc) is 2.91. The fourth-order valence-electron chi connectivity index (χ4n) is 3.14. The van der Waals surface area contributed by atoms with Crippen molar-refractivity contribution in [2.45, 2.75) is 0 Å². The van der Waals surface area contributed by atoms with Gasteiger partial charge in [-0.25, -0.2) is 9.59 Å². The van der Waals surface area contributed by atoms with Crippen molar-refractivity contribution in [3.05, 3.63) is 133 Å². The highest BCUT2D eigenvalue weighted by molar-refractivity contribution is 5.93. The molecule has 4 aromatic rings. The Hall–Kier alpha value is -4.84. The van der Waals surface area contributed by atoms with Crippen molar-refractivity contribution in [3.8, 4) is 0 Å². The highest BCUT2D eigenvalue weighted by Crippen LogP contribution is 2.26. The molecule has 0 aliphatic heterocycles. The second-order valence-corrected chi connectivity index (χ2v) is 7.08. The largest absolute Gasteiger partial charge is 0.356 e. The van der Waals surface area contributed by atoms with Crippen LogP contribution in [0.2, 0.25) is 0 Å². The summed E-state index contributed by atoms with van der Waals surface area (Å²) in [5, 5.41) is 2.80. The molecular formula is C28H22N2O4. The van der Waals surface area contributed by atoms with Crippen molar-refractivity contribution in [1.29, 1.82) is 0 Å². The van der Waals surface area contributed by atoms with Crippen LogP contribution in [0.4, 0.5) is 22.7 Å². The lowest BCUT2D eigenvalue weighted by atomic mass is 10.2. The van der Waals surface area contributed by atoms with Gasteiger partial charge in [0.15, 0.2) is 0 Å². The summed E-state index contributed by atoms with van der Waals surface area (Å²) in [5.41, 5.74) is 2.66. The maximum atomic E-state index is 12.6. The van der Waals surface area contributed by atoms with Crippen LogP contribution in [0.3, 0.4) is 0 Å². The van der Waals surface area contributed by atoms with Crippen LogP contribution in [0.1, 0.15) is 0 Å². The normalized spacial score (nSPS) is 10.5. The first-order chi connectivity index (χ1) is 16.7. The molecule has 0 spiro atoms. The third kappa shape index (κ3) is 5.89. The number of carbonyl (C=O) groups is 2. The molecule has 0 aliphatic carbocycles. The van der Waals surface area contributed by atoms with Gasteiger partial charge in [-0.05, 0) is 48.5 Å². The second-order valence-electron chi connectivity index (χ2n) is 7.08. The van der Waals surface area contributed by atoms with E-state index in [0.29, 0.717) is 22.7 Å². The summed E-state index contributed by atoms with van der Waals surface area (Å²) in [6.45, 7) is 0. The molecule has 0 fully saturated rings. The van der Waals surface area contributed by atoms with E-state index in [2.05, 4.69) is 0 Å². The molecule has 168 valence electrons. The lowest BCUT2D eigenvalue weighted by Crippen LogP contribution is -2.23. The van der Waals surface area contributed by atoms with Gasteiger partial charge in [-0.3, -0.25) is 0 Å². The number of hydrogen-bond donors (Lipinski definition) is 0. The van der Waals surface area contributed by atoms with Crippen molar-refractivity contribution in [2.24, 2.45) is 0 Å².